The van der Waals surface area contributed by atoms with Crippen LogP contribution in [0.2, 0.25) is 0 Å². The third-order valence-corrected chi connectivity index (χ3v) is 4.73. The third-order valence-electron chi connectivity index (χ3n) is 3.81. The van der Waals surface area contributed by atoms with Gasteiger partial charge in [0.25, 0.3) is 0 Å². The number of sulfonamides is 1. The molecule has 6 nitrogen and oxygen atoms in total. The van der Waals surface area contributed by atoms with Gasteiger partial charge >= 0.3 is 0 Å². The van der Waals surface area contributed by atoms with E-state index in [4.69, 9.17) is 14.6 Å². The number of rotatable bonds is 6. The minimum atomic E-state index is -3.63. The summed E-state index contributed by atoms with van der Waals surface area (Å²) in [6, 6.07) is 12.5. The molecule has 24 heavy (non-hydrogen) atoms. The summed E-state index contributed by atoms with van der Waals surface area (Å²) in [4.78, 5) is 0.132. The van der Waals surface area contributed by atoms with Crippen molar-refractivity contribution in [1.82, 2.24) is 5.32 Å². The smallest absolute Gasteiger partial charge is 0.238 e. The number of ether oxygens (including phenoxy) is 2. The van der Waals surface area contributed by atoms with E-state index < -0.39 is 10.0 Å². The lowest BCUT2D eigenvalue weighted by Gasteiger charge is -2.21. The summed E-state index contributed by atoms with van der Waals surface area (Å²) in [5.41, 5.74) is 2.11. The maximum absolute atomic E-state index is 11.2. The van der Waals surface area contributed by atoms with E-state index in [9.17, 15) is 8.42 Å². The molecule has 0 bridgehead atoms. The van der Waals surface area contributed by atoms with Crippen molar-refractivity contribution in [3.63, 3.8) is 0 Å². The second-order valence-corrected chi connectivity index (χ2v) is 7.12. The lowest BCUT2D eigenvalue weighted by atomic mass is 10.1. The fourth-order valence-corrected chi connectivity index (χ4v) is 3.09. The van der Waals surface area contributed by atoms with Crippen LogP contribution in [-0.4, -0.2) is 28.2 Å². The number of nitrogens with one attached hydrogen (secondary N) is 1. The van der Waals surface area contributed by atoms with E-state index >= 15 is 0 Å². The number of primary sulfonamides is 1. The average Bonchev–Trinajstić information content (AvgIpc) is 2.58. The molecule has 0 radical (unpaired) electrons. The van der Waals surface area contributed by atoms with Crippen molar-refractivity contribution in [3.8, 4) is 11.5 Å². The van der Waals surface area contributed by atoms with Gasteiger partial charge in [-0.25, -0.2) is 13.6 Å². The standard InChI is InChI=1S/C17H20N2O4S/c18-24(20,21)15-6-4-13(5-7-15)8-9-19-12-14-2-1-3-16-17(14)23-11-10-22-16/h1-7,19H,8-12H2,(H2,18,20,21). The zero-order chi connectivity index (χ0) is 17.0. The summed E-state index contributed by atoms with van der Waals surface area (Å²) in [7, 11) is -3.63. The molecule has 0 aromatic heterocycles. The highest BCUT2D eigenvalue weighted by Gasteiger charge is 2.14. The van der Waals surface area contributed by atoms with Gasteiger partial charge in [-0.15, -0.1) is 0 Å². The summed E-state index contributed by atoms with van der Waals surface area (Å²) in [5, 5.41) is 8.45. The Balaban J connectivity index is 1.53. The minimum absolute atomic E-state index is 0.132. The molecule has 7 heteroatoms. The predicted molar refractivity (Wildman–Crippen MR) is 90.7 cm³/mol. The van der Waals surface area contributed by atoms with Crippen molar-refractivity contribution < 1.29 is 17.9 Å². The first-order chi connectivity index (χ1) is 11.5. The van der Waals surface area contributed by atoms with Crippen LogP contribution in [0, 0.1) is 0 Å². The van der Waals surface area contributed by atoms with Crippen LogP contribution in [-0.2, 0) is 23.0 Å². The van der Waals surface area contributed by atoms with E-state index in [0.717, 1.165) is 35.6 Å². The molecule has 0 aliphatic carbocycles. The molecule has 1 aliphatic heterocycles. The monoisotopic (exact) mass is 348 g/mol. The molecule has 2 aromatic rings. The molecule has 0 spiro atoms. The van der Waals surface area contributed by atoms with Crippen LogP contribution in [0.1, 0.15) is 11.1 Å². The molecule has 2 aromatic carbocycles. The van der Waals surface area contributed by atoms with Crippen LogP contribution in [0.25, 0.3) is 0 Å². The molecule has 1 aliphatic rings. The second kappa shape index (κ2) is 7.21. The van der Waals surface area contributed by atoms with E-state index in [1.807, 2.05) is 18.2 Å². The van der Waals surface area contributed by atoms with Gasteiger partial charge in [0.05, 0.1) is 4.90 Å². The molecule has 0 saturated carbocycles. The number of nitrogens with two attached hydrogens (primary N) is 1. The van der Waals surface area contributed by atoms with Crippen molar-refractivity contribution in [2.24, 2.45) is 5.14 Å². The summed E-state index contributed by atoms with van der Waals surface area (Å²) < 4.78 is 33.7. The molecule has 0 saturated heterocycles. The molecular formula is C17H20N2O4S. The number of hydrogen-bond acceptors (Lipinski definition) is 5. The van der Waals surface area contributed by atoms with Gasteiger partial charge in [0.1, 0.15) is 13.2 Å². The van der Waals surface area contributed by atoms with Gasteiger partial charge in [-0.05, 0) is 36.7 Å². The summed E-state index contributed by atoms with van der Waals surface area (Å²) in [5.74, 6) is 1.60. The Morgan fingerprint density at radius 2 is 1.79 bits per heavy atom. The lowest BCUT2D eigenvalue weighted by molar-refractivity contribution is 0.169. The first-order valence-electron chi connectivity index (χ1n) is 7.74. The predicted octanol–water partition coefficient (Wildman–Crippen LogP) is 1.44. The zero-order valence-electron chi connectivity index (χ0n) is 13.2. The Labute approximate surface area is 141 Å². The van der Waals surface area contributed by atoms with E-state index in [2.05, 4.69) is 5.32 Å². The fourth-order valence-electron chi connectivity index (χ4n) is 2.57. The third kappa shape index (κ3) is 4.05. The van der Waals surface area contributed by atoms with Gasteiger partial charge in [-0.2, -0.15) is 0 Å². The van der Waals surface area contributed by atoms with Crippen molar-refractivity contribution in [2.75, 3.05) is 19.8 Å². The molecular weight excluding hydrogens is 328 g/mol. The zero-order valence-corrected chi connectivity index (χ0v) is 14.0. The van der Waals surface area contributed by atoms with Crippen LogP contribution in [0.4, 0.5) is 0 Å². The van der Waals surface area contributed by atoms with Crippen LogP contribution < -0.4 is 19.9 Å². The number of para-hydroxylation sites is 1. The van der Waals surface area contributed by atoms with Crippen LogP contribution >= 0.6 is 0 Å². The topological polar surface area (TPSA) is 90.7 Å². The van der Waals surface area contributed by atoms with Gasteiger partial charge in [-0.3, -0.25) is 0 Å². The van der Waals surface area contributed by atoms with Crippen LogP contribution in [0.5, 0.6) is 11.5 Å². The SMILES string of the molecule is NS(=O)(=O)c1ccc(CCNCc2cccc3c2OCCO3)cc1. The van der Waals surface area contributed by atoms with E-state index in [1.54, 1.807) is 12.1 Å². The Hall–Kier alpha value is -2.09. The van der Waals surface area contributed by atoms with Crippen molar-refractivity contribution in [1.29, 1.82) is 0 Å². The number of fused-ring (bicyclic) bond motifs is 1. The van der Waals surface area contributed by atoms with Crippen molar-refractivity contribution in [2.45, 2.75) is 17.9 Å². The Morgan fingerprint density at radius 3 is 2.54 bits per heavy atom. The van der Waals surface area contributed by atoms with Crippen LogP contribution in [0.3, 0.4) is 0 Å². The number of hydrogen-bond donors (Lipinski definition) is 2. The van der Waals surface area contributed by atoms with E-state index in [1.165, 1.54) is 12.1 Å². The quantitative estimate of drug-likeness (QED) is 0.771. The molecule has 1 heterocycles. The van der Waals surface area contributed by atoms with Gasteiger partial charge in [0.15, 0.2) is 11.5 Å². The summed E-state index contributed by atoms with van der Waals surface area (Å²) in [6.45, 7) is 2.60. The average molecular weight is 348 g/mol. The van der Waals surface area contributed by atoms with Gasteiger partial charge in [0, 0.05) is 12.1 Å². The van der Waals surface area contributed by atoms with E-state index in [-0.39, 0.29) is 4.90 Å². The molecule has 128 valence electrons. The summed E-state index contributed by atoms with van der Waals surface area (Å²) in [6.07, 6.45) is 0.789. The second-order valence-electron chi connectivity index (χ2n) is 5.56. The molecule has 3 N–H and O–H groups in total. The molecule has 0 atom stereocenters. The van der Waals surface area contributed by atoms with Crippen molar-refractivity contribution in [3.05, 3.63) is 53.6 Å². The minimum Gasteiger partial charge on any atom is -0.486 e. The molecule has 3 rings (SSSR count). The fraction of sp³-hybridized carbons (Fsp3) is 0.294. The van der Waals surface area contributed by atoms with Gasteiger partial charge in [-0.1, -0.05) is 24.3 Å². The van der Waals surface area contributed by atoms with Gasteiger partial charge < -0.3 is 14.8 Å². The maximum Gasteiger partial charge on any atom is 0.238 e. The van der Waals surface area contributed by atoms with Crippen LogP contribution in [0.15, 0.2) is 47.4 Å². The first-order valence-corrected chi connectivity index (χ1v) is 9.28. The Kier molecular flexibility index (Phi) is 5.03. The molecule has 0 amide bonds. The Morgan fingerprint density at radius 1 is 1.04 bits per heavy atom. The van der Waals surface area contributed by atoms with E-state index in [0.29, 0.717) is 19.8 Å². The maximum atomic E-state index is 11.2. The highest BCUT2D eigenvalue weighted by atomic mass is 32.2. The normalized spacial score (nSPS) is 13.7. The highest BCUT2D eigenvalue weighted by Crippen LogP contribution is 2.33. The van der Waals surface area contributed by atoms with Gasteiger partial charge in [0.2, 0.25) is 10.0 Å². The summed E-state index contributed by atoms with van der Waals surface area (Å²) >= 11 is 0. The first kappa shape index (κ1) is 16.8. The number of benzene rings is 2. The molecule has 0 unspecified atom stereocenters. The highest BCUT2D eigenvalue weighted by molar-refractivity contribution is 7.89. The molecule has 0 fully saturated rings. The largest absolute Gasteiger partial charge is 0.486 e. The van der Waals surface area contributed by atoms with Crippen molar-refractivity contribution >= 4 is 10.0 Å². The lowest BCUT2D eigenvalue weighted by Crippen LogP contribution is -2.20. The Bertz CT molecular complexity index is 804.